The summed E-state index contributed by atoms with van der Waals surface area (Å²) in [5.74, 6) is 0.982. The zero-order valence-electron chi connectivity index (χ0n) is 13.2. The van der Waals surface area contributed by atoms with Crippen LogP contribution in [-0.2, 0) is 0 Å². The molecule has 2 aromatic rings. The topological polar surface area (TPSA) is 73.6 Å². The third kappa shape index (κ3) is 3.85. The standard InChI is InChI=1S/C16H20N2O4/c1-11-7-15(19)18(10-17-11)12-5-6-13(14(8-12)21-4)22-9-16(2,3)20/h5-8,10,20H,9H2,1-4H3. The molecule has 6 heteroatoms. The highest BCUT2D eigenvalue weighted by molar-refractivity contribution is 5.48. The van der Waals surface area contributed by atoms with Gasteiger partial charge < -0.3 is 14.6 Å². The van der Waals surface area contributed by atoms with Gasteiger partial charge in [-0.3, -0.25) is 9.36 Å². The fourth-order valence-electron chi connectivity index (χ4n) is 1.86. The van der Waals surface area contributed by atoms with Crippen LogP contribution in [-0.4, -0.2) is 34.0 Å². The number of benzene rings is 1. The molecule has 6 nitrogen and oxygen atoms in total. The highest BCUT2D eigenvalue weighted by atomic mass is 16.5. The van der Waals surface area contributed by atoms with Crippen LogP contribution in [0.25, 0.3) is 5.69 Å². The molecule has 0 atom stereocenters. The molecule has 0 bridgehead atoms. The van der Waals surface area contributed by atoms with Gasteiger partial charge in [-0.2, -0.15) is 0 Å². The van der Waals surface area contributed by atoms with Crippen LogP contribution in [0.3, 0.4) is 0 Å². The van der Waals surface area contributed by atoms with Crippen molar-refractivity contribution >= 4 is 0 Å². The summed E-state index contributed by atoms with van der Waals surface area (Å²) >= 11 is 0. The van der Waals surface area contributed by atoms with Gasteiger partial charge in [-0.25, -0.2) is 4.98 Å². The highest BCUT2D eigenvalue weighted by Gasteiger charge is 2.15. The van der Waals surface area contributed by atoms with Crippen molar-refractivity contribution in [2.24, 2.45) is 0 Å². The summed E-state index contributed by atoms with van der Waals surface area (Å²) in [6, 6.07) is 6.59. The van der Waals surface area contributed by atoms with E-state index in [1.54, 1.807) is 39.0 Å². The molecule has 1 aromatic carbocycles. The second kappa shape index (κ2) is 6.19. The Morgan fingerprint density at radius 3 is 2.59 bits per heavy atom. The molecule has 1 aromatic heterocycles. The van der Waals surface area contributed by atoms with Gasteiger partial charge in [0, 0.05) is 17.8 Å². The van der Waals surface area contributed by atoms with E-state index in [2.05, 4.69) is 4.98 Å². The second-order valence-corrected chi connectivity index (χ2v) is 5.67. The summed E-state index contributed by atoms with van der Waals surface area (Å²) in [5, 5.41) is 9.72. The zero-order valence-corrected chi connectivity index (χ0v) is 13.2. The maximum Gasteiger partial charge on any atom is 0.258 e. The average molecular weight is 304 g/mol. The van der Waals surface area contributed by atoms with Gasteiger partial charge in [0.05, 0.1) is 18.4 Å². The van der Waals surface area contributed by atoms with Crippen LogP contribution in [0.4, 0.5) is 0 Å². The van der Waals surface area contributed by atoms with Gasteiger partial charge in [-0.15, -0.1) is 0 Å². The second-order valence-electron chi connectivity index (χ2n) is 5.67. The Morgan fingerprint density at radius 1 is 1.27 bits per heavy atom. The molecule has 0 radical (unpaired) electrons. The lowest BCUT2D eigenvalue weighted by atomic mass is 10.2. The monoisotopic (exact) mass is 304 g/mol. The first-order valence-electron chi connectivity index (χ1n) is 6.89. The normalized spacial score (nSPS) is 11.3. The van der Waals surface area contributed by atoms with Gasteiger partial charge in [0.15, 0.2) is 11.5 Å². The zero-order chi connectivity index (χ0) is 16.3. The van der Waals surface area contributed by atoms with Gasteiger partial charge >= 0.3 is 0 Å². The molecule has 1 N–H and O–H groups in total. The number of hydrogen-bond acceptors (Lipinski definition) is 5. The SMILES string of the molecule is COc1cc(-n2cnc(C)cc2=O)ccc1OCC(C)(C)O. The Kier molecular flexibility index (Phi) is 4.51. The molecule has 0 aliphatic heterocycles. The molecule has 0 unspecified atom stereocenters. The molecule has 0 aliphatic carbocycles. The molecular weight excluding hydrogens is 284 g/mol. The maximum atomic E-state index is 12.0. The summed E-state index contributed by atoms with van der Waals surface area (Å²) < 4.78 is 12.3. The molecule has 0 spiro atoms. The van der Waals surface area contributed by atoms with E-state index in [-0.39, 0.29) is 12.2 Å². The summed E-state index contributed by atoms with van der Waals surface area (Å²) in [4.78, 5) is 16.1. The van der Waals surface area contributed by atoms with Crippen molar-refractivity contribution in [3.63, 3.8) is 0 Å². The van der Waals surface area contributed by atoms with Gasteiger partial charge in [0.2, 0.25) is 0 Å². The van der Waals surface area contributed by atoms with Crippen LogP contribution in [0.2, 0.25) is 0 Å². The van der Waals surface area contributed by atoms with E-state index in [4.69, 9.17) is 9.47 Å². The summed E-state index contributed by atoms with van der Waals surface area (Å²) in [7, 11) is 1.52. The van der Waals surface area contributed by atoms with Crippen LogP contribution in [0, 0.1) is 6.92 Å². The maximum absolute atomic E-state index is 12.0. The van der Waals surface area contributed by atoms with Crippen molar-refractivity contribution in [3.8, 4) is 17.2 Å². The van der Waals surface area contributed by atoms with Gasteiger partial charge in [-0.05, 0) is 32.9 Å². The number of aryl methyl sites for hydroxylation is 1. The van der Waals surface area contributed by atoms with Crippen molar-refractivity contribution in [2.75, 3.05) is 13.7 Å². The minimum atomic E-state index is -0.943. The lowest BCUT2D eigenvalue weighted by molar-refractivity contribution is 0.0276. The van der Waals surface area contributed by atoms with Crippen molar-refractivity contribution in [1.29, 1.82) is 0 Å². The van der Waals surface area contributed by atoms with Gasteiger partial charge in [-0.1, -0.05) is 0 Å². The first-order chi connectivity index (χ1) is 10.3. The number of hydrogen-bond donors (Lipinski definition) is 1. The molecule has 118 valence electrons. The fraction of sp³-hybridized carbons (Fsp3) is 0.375. The van der Waals surface area contributed by atoms with Crippen LogP contribution in [0.1, 0.15) is 19.5 Å². The Morgan fingerprint density at radius 2 is 2.00 bits per heavy atom. The van der Waals surface area contributed by atoms with Crippen LogP contribution >= 0.6 is 0 Å². The van der Waals surface area contributed by atoms with Crippen LogP contribution in [0.15, 0.2) is 35.4 Å². The predicted octanol–water partition coefficient (Wildman–Crippen LogP) is 1.70. The summed E-state index contributed by atoms with van der Waals surface area (Å²) in [5.41, 5.74) is 0.185. The largest absolute Gasteiger partial charge is 0.493 e. The van der Waals surface area contributed by atoms with E-state index in [9.17, 15) is 9.90 Å². The van der Waals surface area contributed by atoms with Crippen molar-refractivity contribution in [2.45, 2.75) is 26.4 Å². The van der Waals surface area contributed by atoms with Gasteiger partial charge in [0.25, 0.3) is 5.56 Å². The first-order valence-corrected chi connectivity index (χ1v) is 6.89. The van der Waals surface area contributed by atoms with E-state index >= 15 is 0 Å². The quantitative estimate of drug-likeness (QED) is 0.910. The van der Waals surface area contributed by atoms with E-state index < -0.39 is 5.60 Å². The number of rotatable bonds is 5. The molecular formula is C16H20N2O4. The minimum Gasteiger partial charge on any atom is -0.493 e. The predicted molar refractivity (Wildman–Crippen MR) is 82.9 cm³/mol. The van der Waals surface area contributed by atoms with Crippen molar-refractivity contribution < 1.29 is 14.6 Å². The van der Waals surface area contributed by atoms with E-state index in [0.717, 1.165) is 0 Å². The Hall–Kier alpha value is -2.34. The molecule has 0 aliphatic rings. The third-order valence-corrected chi connectivity index (χ3v) is 2.95. The molecule has 22 heavy (non-hydrogen) atoms. The van der Waals surface area contributed by atoms with E-state index in [0.29, 0.717) is 22.9 Å². The fourth-order valence-corrected chi connectivity index (χ4v) is 1.86. The van der Waals surface area contributed by atoms with Crippen molar-refractivity contribution in [1.82, 2.24) is 9.55 Å². The van der Waals surface area contributed by atoms with E-state index in [1.807, 2.05) is 0 Å². The summed E-state index contributed by atoms with van der Waals surface area (Å²) in [6.45, 7) is 5.21. The Balaban J connectivity index is 2.34. The summed E-state index contributed by atoms with van der Waals surface area (Å²) in [6.07, 6.45) is 1.48. The number of methoxy groups -OCH3 is 1. The molecule has 0 amide bonds. The number of ether oxygens (including phenoxy) is 2. The molecule has 0 saturated heterocycles. The molecule has 0 fully saturated rings. The minimum absolute atomic E-state index is 0.134. The van der Waals surface area contributed by atoms with Gasteiger partial charge in [0.1, 0.15) is 12.9 Å². The number of aliphatic hydroxyl groups is 1. The molecule has 0 saturated carbocycles. The lowest BCUT2D eigenvalue weighted by Crippen LogP contribution is -2.28. The van der Waals surface area contributed by atoms with Crippen molar-refractivity contribution in [3.05, 3.63) is 46.6 Å². The first kappa shape index (κ1) is 16.0. The Labute approximate surface area is 129 Å². The number of aromatic nitrogens is 2. The molecule has 1 heterocycles. The third-order valence-electron chi connectivity index (χ3n) is 2.95. The van der Waals surface area contributed by atoms with Crippen LogP contribution in [0.5, 0.6) is 11.5 Å². The van der Waals surface area contributed by atoms with Crippen LogP contribution < -0.4 is 15.0 Å². The number of nitrogens with zero attached hydrogens (tertiary/aromatic N) is 2. The smallest absolute Gasteiger partial charge is 0.258 e. The highest BCUT2D eigenvalue weighted by Crippen LogP contribution is 2.29. The molecule has 2 rings (SSSR count). The average Bonchev–Trinajstić information content (AvgIpc) is 2.44. The Bertz CT molecular complexity index is 717. The van der Waals surface area contributed by atoms with E-state index in [1.165, 1.54) is 24.1 Å². The lowest BCUT2D eigenvalue weighted by Gasteiger charge is -2.19.